The summed E-state index contributed by atoms with van der Waals surface area (Å²) < 4.78 is 39.6. The van der Waals surface area contributed by atoms with Gasteiger partial charge in [-0.25, -0.2) is 14.6 Å². The number of aromatic nitrogens is 4. The smallest absolute Gasteiger partial charge is 0.324 e. The lowest BCUT2D eigenvalue weighted by Crippen LogP contribution is -2.40. The molecule has 3 aromatic rings. The summed E-state index contributed by atoms with van der Waals surface area (Å²) in [7, 11) is 0. The van der Waals surface area contributed by atoms with Crippen molar-refractivity contribution in [3.63, 3.8) is 0 Å². The second-order valence-electron chi connectivity index (χ2n) is 6.23. The number of carbonyl (C=O) groups excluding carboxylic acids is 1. The Bertz CT molecular complexity index is 937. The number of anilines is 1. The Balaban J connectivity index is 1.70. The first-order valence-electron chi connectivity index (χ1n) is 7.92. The molecular formula is C16H16F3N5OS2. The van der Waals surface area contributed by atoms with Crippen molar-refractivity contribution in [1.29, 1.82) is 0 Å². The molecule has 0 radical (unpaired) electrons. The van der Waals surface area contributed by atoms with Crippen molar-refractivity contribution in [1.82, 2.24) is 19.7 Å². The number of alkyl halides is 3. The molecule has 0 atom stereocenters. The number of thioether (sulfide) groups is 1. The normalized spacial score (nSPS) is 12.5. The van der Waals surface area contributed by atoms with Crippen LogP contribution in [-0.2, 0) is 10.3 Å². The van der Waals surface area contributed by atoms with Crippen molar-refractivity contribution in [2.75, 3.05) is 11.1 Å². The lowest BCUT2D eigenvalue weighted by molar-refractivity contribution is -0.129. The fourth-order valence-corrected chi connectivity index (χ4v) is 4.34. The number of nitrogens with zero attached hydrogens (tertiary/aromatic N) is 4. The number of thiazole rings is 1. The van der Waals surface area contributed by atoms with Crippen molar-refractivity contribution < 1.29 is 18.0 Å². The average Bonchev–Trinajstić information content (AvgIpc) is 3.22. The van der Waals surface area contributed by atoms with Crippen molar-refractivity contribution in [2.24, 2.45) is 0 Å². The Labute approximate surface area is 161 Å². The predicted octanol–water partition coefficient (Wildman–Crippen LogP) is 4.31. The maximum atomic E-state index is 12.6. The molecule has 3 rings (SSSR count). The number of amides is 1. The predicted molar refractivity (Wildman–Crippen MR) is 99.0 cm³/mol. The molecule has 1 amide bonds. The molecular weight excluding hydrogens is 399 g/mol. The van der Waals surface area contributed by atoms with Crippen molar-refractivity contribution in [3.8, 4) is 0 Å². The van der Waals surface area contributed by atoms with E-state index in [1.165, 1.54) is 28.7 Å². The van der Waals surface area contributed by atoms with Gasteiger partial charge in [-0.2, -0.15) is 18.3 Å². The van der Waals surface area contributed by atoms with Gasteiger partial charge >= 0.3 is 6.18 Å². The Morgan fingerprint density at radius 1 is 1.33 bits per heavy atom. The van der Waals surface area contributed by atoms with Gasteiger partial charge in [-0.05, 0) is 32.0 Å². The summed E-state index contributed by atoms with van der Waals surface area (Å²) in [5, 5.41) is 6.83. The molecule has 1 aromatic carbocycles. The molecule has 144 valence electrons. The van der Waals surface area contributed by atoms with Gasteiger partial charge in [-0.1, -0.05) is 11.8 Å². The standard InChI is InChI=1S/C16H16F3N5OS2/c1-15(2,24-9-20-8-21-24)13(25)22-10-3-4-11-12(7-10)27-14(23-11)26-6-5-16(17,18)19/h3-4,7-9H,5-6H2,1-2H3,(H,22,25). The summed E-state index contributed by atoms with van der Waals surface area (Å²) >= 11 is 2.38. The third kappa shape index (κ3) is 4.78. The molecule has 0 spiro atoms. The maximum absolute atomic E-state index is 12.6. The first-order valence-corrected chi connectivity index (χ1v) is 9.72. The molecule has 2 heterocycles. The first kappa shape index (κ1) is 19.6. The number of benzene rings is 1. The van der Waals surface area contributed by atoms with E-state index in [0.717, 1.165) is 16.5 Å². The SMILES string of the molecule is CC(C)(C(=O)Nc1ccc2nc(SCCC(F)(F)F)sc2c1)n1cncn1. The van der Waals surface area contributed by atoms with Crippen LogP contribution in [0.4, 0.5) is 18.9 Å². The van der Waals surface area contributed by atoms with E-state index in [1.807, 2.05) is 0 Å². The molecule has 2 aromatic heterocycles. The van der Waals surface area contributed by atoms with E-state index in [1.54, 1.807) is 32.0 Å². The molecule has 6 nitrogen and oxygen atoms in total. The third-order valence-corrected chi connectivity index (χ3v) is 5.95. The van der Waals surface area contributed by atoms with Crippen molar-refractivity contribution in [3.05, 3.63) is 30.9 Å². The molecule has 1 N–H and O–H groups in total. The summed E-state index contributed by atoms with van der Waals surface area (Å²) in [5.74, 6) is -0.337. The third-order valence-electron chi connectivity index (χ3n) is 3.78. The molecule has 0 aliphatic carbocycles. The fraction of sp³-hybridized carbons (Fsp3) is 0.375. The second-order valence-corrected chi connectivity index (χ2v) is 8.60. The largest absolute Gasteiger partial charge is 0.389 e. The number of carbonyl (C=O) groups is 1. The van der Waals surface area contributed by atoms with Crippen LogP contribution in [0.3, 0.4) is 0 Å². The van der Waals surface area contributed by atoms with Crippen LogP contribution in [0.5, 0.6) is 0 Å². The van der Waals surface area contributed by atoms with Crippen molar-refractivity contribution in [2.45, 2.75) is 36.3 Å². The number of rotatable bonds is 6. The van der Waals surface area contributed by atoms with E-state index in [0.29, 0.717) is 15.5 Å². The highest BCUT2D eigenvalue weighted by Crippen LogP contribution is 2.33. The van der Waals surface area contributed by atoms with Gasteiger partial charge < -0.3 is 5.32 Å². The number of hydrogen-bond donors (Lipinski definition) is 1. The van der Waals surface area contributed by atoms with Crippen LogP contribution < -0.4 is 5.32 Å². The molecule has 0 aliphatic heterocycles. The van der Waals surface area contributed by atoms with Gasteiger partial charge in [0.15, 0.2) is 4.34 Å². The van der Waals surface area contributed by atoms with Gasteiger partial charge in [0.1, 0.15) is 18.2 Å². The van der Waals surface area contributed by atoms with Gasteiger partial charge in [0.05, 0.1) is 16.6 Å². The van der Waals surface area contributed by atoms with E-state index < -0.39 is 18.1 Å². The Kier molecular flexibility index (Phi) is 5.43. The van der Waals surface area contributed by atoms with Crippen LogP contribution in [0.2, 0.25) is 0 Å². The average molecular weight is 415 g/mol. The zero-order valence-electron chi connectivity index (χ0n) is 14.4. The highest BCUT2D eigenvalue weighted by atomic mass is 32.2. The number of nitrogens with one attached hydrogen (secondary N) is 1. The van der Waals surface area contributed by atoms with E-state index in [9.17, 15) is 18.0 Å². The topological polar surface area (TPSA) is 72.7 Å². The molecule has 0 saturated carbocycles. The second kappa shape index (κ2) is 7.47. The molecule has 0 bridgehead atoms. The van der Waals surface area contributed by atoms with Gasteiger partial charge in [0.2, 0.25) is 0 Å². The highest BCUT2D eigenvalue weighted by Gasteiger charge is 2.30. The molecule has 27 heavy (non-hydrogen) atoms. The summed E-state index contributed by atoms with van der Waals surface area (Å²) in [4.78, 5) is 20.8. The summed E-state index contributed by atoms with van der Waals surface area (Å²) in [6.45, 7) is 3.44. The minimum atomic E-state index is -4.17. The van der Waals surface area contributed by atoms with Crippen LogP contribution in [0, 0.1) is 0 Å². The van der Waals surface area contributed by atoms with E-state index in [4.69, 9.17) is 0 Å². The number of hydrogen-bond acceptors (Lipinski definition) is 6. The fourth-order valence-electron chi connectivity index (χ4n) is 2.18. The zero-order chi connectivity index (χ0) is 19.7. The minimum Gasteiger partial charge on any atom is -0.324 e. The van der Waals surface area contributed by atoms with E-state index in [-0.39, 0.29) is 11.7 Å². The number of fused-ring (bicyclic) bond motifs is 1. The van der Waals surface area contributed by atoms with Crippen LogP contribution >= 0.6 is 23.1 Å². The van der Waals surface area contributed by atoms with Crippen LogP contribution in [0.1, 0.15) is 20.3 Å². The summed E-state index contributed by atoms with van der Waals surface area (Å²) in [5.41, 5.74) is 0.330. The van der Waals surface area contributed by atoms with Crippen LogP contribution in [0.25, 0.3) is 10.2 Å². The molecule has 0 unspecified atom stereocenters. The maximum Gasteiger partial charge on any atom is 0.389 e. The first-order chi connectivity index (χ1) is 12.6. The zero-order valence-corrected chi connectivity index (χ0v) is 16.1. The minimum absolute atomic E-state index is 0.0704. The van der Waals surface area contributed by atoms with Gasteiger partial charge in [-0.3, -0.25) is 4.79 Å². The van der Waals surface area contributed by atoms with Crippen LogP contribution in [0.15, 0.2) is 35.2 Å². The van der Waals surface area contributed by atoms with E-state index >= 15 is 0 Å². The molecule has 0 saturated heterocycles. The Morgan fingerprint density at radius 2 is 2.11 bits per heavy atom. The monoisotopic (exact) mass is 415 g/mol. The van der Waals surface area contributed by atoms with Gasteiger partial charge in [0.25, 0.3) is 5.91 Å². The number of halogens is 3. The van der Waals surface area contributed by atoms with Crippen LogP contribution in [-0.4, -0.2) is 37.6 Å². The quantitative estimate of drug-likeness (QED) is 0.608. The summed E-state index contributed by atoms with van der Waals surface area (Å²) in [6, 6.07) is 5.20. The Morgan fingerprint density at radius 3 is 2.78 bits per heavy atom. The summed E-state index contributed by atoms with van der Waals surface area (Å²) in [6.07, 6.45) is -2.20. The van der Waals surface area contributed by atoms with Crippen molar-refractivity contribution >= 4 is 44.9 Å². The molecule has 11 heteroatoms. The lowest BCUT2D eigenvalue weighted by Gasteiger charge is -2.23. The highest BCUT2D eigenvalue weighted by molar-refractivity contribution is 8.01. The van der Waals surface area contributed by atoms with Gasteiger partial charge in [-0.15, -0.1) is 11.3 Å². The van der Waals surface area contributed by atoms with E-state index in [2.05, 4.69) is 20.4 Å². The van der Waals surface area contributed by atoms with Gasteiger partial charge in [0, 0.05) is 11.4 Å². The molecule has 0 fully saturated rings. The Hall–Kier alpha value is -2.14. The lowest BCUT2D eigenvalue weighted by atomic mass is 10.1. The molecule has 0 aliphatic rings.